The summed E-state index contributed by atoms with van der Waals surface area (Å²) in [5.74, 6) is 0.376. The van der Waals surface area contributed by atoms with Crippen LogP contribution in [0.2, 0.25) is 0 Å². The smallest absolute Gasteiger partial charge is 0.302 e. The lowest BCUT2D eigenvalue weighted by molar-refractivity contribution is -0.253. The van der Waals surface area contributed by atoms with E-state index in [2.05, 4.69) is 0 Å². The molecule has 44 heavy (non-hydrogen) atoms. The largest absolute Gasteiger partial charge is 0.497 e. The van der Waals surface area contributed by atoms with Crippen LogP contribution in [0.4, 0.5) is 0 Å². The molecule has 1 aliphatic rings. The fraction of sp³-hybridized carbons (Fsp3) is 0.306. The first-order valence-electron chi connectivity index (χ1n) is 14.6. The fourth-order valence-corrected chi connectivity index (χ4v) is 6.10. The van der Waals surface area contributed by atoms with Gasteiger partial charge in [0.25, 0.3) is 0 Å². The second kappa shape index (κ2) is 16.4. The summed E-state index contributed by atoms with van der Waals surface area (Å²) in [6, 6.07) is 37.8. The van der Waals surface area contributed by atoms with Gasteiger partial charge in [-0.2, -0.15) is 0 Å². The van der Waals surface area contributed by atoms with Gasteiger partial charge >= 0.3 is 5.97 Å². The Morgan fingerprint density at radius 1 is 0.659 bits per heavy atom. The number of carbonyl (C=O) groups excluding carboxylic acids is 1. The zero-order chi connectivity index (χ0) is 30.6. The Morgan fingerprint density at radius 3 is 1.70 bits per heavy atom. The molecule has 4 aromatic rings. The highest BCUT2D eigenvalue weighted by molar-refractivity contribution is 7.99. The van der Waals surface area contributed by atoms with E-state index in [4.69, 9.17) is 28.4 Å². The van der Waals surface area contributed by atoms with Crippen LogP contribution in [0.15, 0.2) is 120 Å². The number of hydrogen-bond donors (Lipinski definition) is 0. The van der Waals surface area contributed by atoms with Gasteiger partial charge in [0, 0.05) is 11.8 Å². The Morgan fingerprint density at radius 2 is 1.16 bits per heavy atom. The van der Waals surface area contributed by atoms with Crippen LogP contribution in [0.3, 0.4) is 0 Å². The molecule has 0 aliphatic carbocycles. The minimum Gasteiger partial charge on any atom is -0.497 e. The first kappa shape index (κ1) is 31.8. The molecule has 5 rings (SSSR count). The predicted octanol–water partition coefficient (Wildman–Crippen LogP) is 6.83. The van der Waals surface area contributed by atoms with Gasteiger partial charge in [-0.3, -0.25) is 4.79 Å². The maximum atomic E-state index is 11.9. The highest BCUT2D eigenvalue weighted by Gasteiger charge is 2.49. The van der Waals surface area contributed by atoms with Crippen LogP contribution in [0, 0.1) is 0 Å². The first-order valence-corrected chi connectivity index (χ1v) is 15.5. The Hall–Kier alpha value is -3.66. The third kappa shape index (κ3) is 9.17. The van der Waals surface area contributed by atoms with Crippen LogP contribution in [-0.2, 0) is 48.3 Å². The van der Waals surface area contributed by atoms with Crippen molar-refractivity contribution < 1.29 is 33.2 Å². The molecule has 0 spiro atoms. The number of benzene rings is 4. The lowest BCUT2D eigenvalue weighted by atomic mass is 9.99. The second-order valence-electron chi connectivity index (χ2n) is 10.4. The summed E-state index contributed by atoms with van der Waals surface area (Å²) in [5, 5.41) is 0. The van der Waals surface area contributed by atoms with Gasteiger partial charge in [-0.1, -0.05) is 103 Å². The van der Waals surface area contributed by atoms with E-state index in [1.807, 2.05) is 115 Å². The predicted molar refractivity (Wildman–Crippen MR) is 169 cm³/mol. The monoisotopic (exact) mass is 614 g/mol. The topological polar surface area (TPSA) is 72.5 Å². The van der Waals surface area contributed by atoms with Gasteiger partial charge in [-0.15, -0.1) is 0 Å². The van der Waals surface area contributed by atoms with E-state index < -0.39 is 29.9 Å². The number of hydrogen-bond acceptors (Lipinski definition) is 8. The molecule has 1 heterocycles. The molecule has 7 nitrogen and oxygen atoms in total. The SMILES string of the molecule is COc1ccc(CO[C@H]2[C@H](OCc3ccccc3)[C@@H](OCc3ccccc3)[C@H](Sc3ccccc3)O[C@@H]2COC(C)=O)cc1. The molecule has 0 N–H and O–H groups in total. The van der Waals surface area contributed by atoms with Crippen molar-refractivity contribution in [3.63, 3.8) is 0 Å². The standard InChI is InChI=1S/C36H38O7S/c1-26(37)39-25-32-33(40-24-29-18-20-30(38-2)21-19-29)34(41-22-27-12-6-3-7-13-27)35(42-23-28-14-8-4-9-15-28)36(43-32)44-31-16-10-5-11-17-31/h3-21,32-36H,22-25H2,1-2H3/t32-,33-,34+,35-,36+/m1/s1. The zero-order valence-corrected chi connectivity index (χ0v) is 25.8. The van der Waals surface area contributed by atoms with Crippen molar-refractivity contribution in [2.24, 2.45) is 0 Å². The Bertz CT molecular complexity index is 1400. The summed E-state index contributed by atoms with van der Waals surface area (Å²) in [6.45, 7) is 2.42. The summed E-state index contributed by atoms with van der Waals surface area (Å²) in [7, 11) is 1.64. The molecule has 0 bridgehead atoms. The summed E-state index contributed by atoms with van der Waals surface area (Å²) in [5.41, 5.74) is 2.55. The van der Waals surface area contributed by atoms with Gasteiger partial charge in [-0.05, 0) is 41.0 Å². The van der Waals surface area contributed by atoms with Gasteiger partial charge in [0.15, 0.2) is 0 Å². The number of rotatable bonds is 14. The average molecular weight is 615 g/mol. The summed E-state index contributed by atoms with van der Waals surface area (Å²) in [6.07, 6.45) is -2.27. The molecule has 0 saturated carbocycles. The van der Waals surface area contributed by atoms with Crippen molar-refractivity contribution in [2.45, 2.75) is 61.5 Å². The van der Waals surface area contributed by atoms with Crippen LogP contribution < -0.4 is 4.74 Å². The van der Waals surface area contributed by atoms with E-state index in [0.717, 1.165) is 27.3 Å². The molecule has 8 heteroatoms. The minimum absolute atomic E-state index is 0.0189. The van der Waals surface area contributed by atoms with E-state index in [1.165, 1.54) is 6.92 Å². The van der Waals surface area contributed by atoms with E-state index in [0.29, 0.717) is 19.8 Å². The zero-order valence-electron chi connectivity index (χ0n) is 25.0. The third-order valence-corrected chi connectivity index (χ3v) is 8.37. The van der Waals surface area contributed by atoms with Crippen LogP contribution in [0.5, 0.6) is 5.75 Å². The molecule has 1 fully saturated rings. The average Bonchev–Trinajstić information content (AvgIpc) is 3.07. The van der Waals surface area contributed by atoms with Gasteiger partial charge in [-0.25, -0.2) is 0 Å². The highest BCUT2D eigenvalue weighted by atomic mass is 32.2. The second-order valence-corrected chi connectivity index (χ2v) is 11.6. The lowest BCUT2D eigenvalue weighted by Gasteiger charge is -2.45. The molecule has 0 amide bonds. The van der Waals surface area contributed by atoms with Crippen LogP contribution in [0.25, 0.3) is 0 Å². The lowest BCUT2D eigenvalue weighted by Crippen LogP contribution is -2.60. The number of esters is 1. The van der Waals surface area contributed by atoms with E-state index in [1.54, 1.807) is 18.9 Å². The van der Waals surface area contributed by atoms with Crippen LogP contribution in [0.1, 0.15) is 23.6 Å². The van der Waals surface area contributed by atoms with Crippen molar-refractivity contribution in [1.29, 1.82) is 0 Å². The molecule has 0 unspecified atom stereocenters. The normalized spacial score (nSPS) is 21.5. The van der Waals surface area contributed by atoms with E-state index >= 15 is 0 Å². The number of ether oxygens (including phenoxy) is 6. The highest BCUT2D eigenvalue weighted by Crippen LogP contribution is 2.38. The van der Waals surface area contributed by atoms with Gasteiger partial charge in [0.05, 0.1) is 26.9 Å². The summed E-state index contributed by atoms with van der Waals surface area (Å²) < 4.78 is 37.5. The number of thioether (sulfide) groups is 1. The molecule has 1 saturated heterocycles. The summed E-state index contributed by atoms with van der Waals surface area (Å²) in [4.78, 5) is 13.0. The Kier molecular flexibility index (Phi) is 11.9. The maximum Gasteiger partial charge on any atom is 0.302 e. The van der Waals surface area contributed by atoms with Gasteiger partial charge < -0.3 is 28.4 Å². The molecular weight excluding hydrogens is 576 g/mol. The van der Waals surface area contributed by atoms with Gasteiger partial charge in [0.1, 0.15) is 42.2 Å². The summed E-state index contributed by atoms with van der Waals surface area (Å²) >= 11 is 1.55. The number of carbonyl (C=O) groups is 1. The van der Waals surface area contributed by atoms with E-state index in [-0.39, 0.29) is 12.6 Å². The van der Waals surface area contributed by atoms with Crippen LogP contribution in [-0.4, -0.2) is 49.5 Å². The van der Waals surface area contributed by atoms with Crippen molar-refractivity contribution in [1.82, 2.24) is 0 Å². The maximum absolute atomic E-state index is 11.9. The first-order chi connectivity index (χ1) is 21.6. The molecule has 5 atom stereocenters. The van der Waals surface area contributed by atoms with Crippen molar-refractivity contribution in [2.75, 3.05) is 13.7 Å². The van der Waals surface area contributed by atoms with E-state index in [9.17, 15) is 4.79 Å². The molecule has 230 valence electrons. The minimum atomic E-state index is -0.603. The fourth-order valence-electron chi connectivity index (χ4n) is 4.95. The Balaban J connectivity index is 1.47. The van der Waals surface area contributed by atoms with Crippen molar-refractivity contribution in [3.8, 4) is 5.75 Å². The third-order valence-electron chi connectivity index (χ3n) is 7.21. The van der Waals surface area contributed by atoms with Crippen molar-refractivity contribution in [3.05, 3.63) is 132 Å². The van der Waals surface area contributed by atoms with Gasteiger partial charge in [0.2, 0.25) is 0 Å². The molecular formula is C36H38O7S. The molecule has 1 aliphatic heterocycles. The molecule has 4 aromatic carbocycles. The van der Waals surface area contributed by atoms with Crippen molar-refractivity contribution >= 4 is 17.7 Å². The molecule has 0 radical (unpaired) electrons. The quantitative estimate of drug-likeness (QED) is 0.143. The van der Waals surface area contributed by atoms with Crippen LogP contribution >= 0.6 is 11.8 Å². The Labute approximate surface area is 263 Å². The number of methoxy groups -OCH3 is 1. The molecule has 0 aromatic heterocycles.